The van der Waals surface area contributed by atoms with E-state index in [9.17, 15) is 14.4 Å². The topological polar surface area (TPSA) is 119 Å². The number of hydrogen-bond acceptors (Lipinski definition) is 4. The molecule has 116 valence electrons. The lowest BCUT2D eigenvalue weighted by molar-refractivity contribution is -0.139. The molecule has 8 nitrogen and oxygen atoms in total. The van der Waals surface area contributed by atoms with Gasteiger partial charge >= 0.3 is 12.0 Å². The second-order valence-corrected chi connectivity index (χ2v) is 4.59. The third-order valence-corrected chi connectivity index (χ3v) is 2.47. The van der Waals surface area contributed by atoms with E-state index in [1.807, 2.05) is 0 Å². The lowest BCUT2D eigenvalue weighted by Gasteiger charge is -2.23. The molecule has 8 heteroatoms. The third-order valence-electron chi connectivity index (χ3n) is 2.47. The number of likely N-dealkylation sites (N-methyl/N-ethyl adjacent to an activating group) is 1. The Hall–Kier alpha value is -1.83. The van der Waals surface area contributed by atoms with E-state index in [0.717, 1.165) is 0 Å². The molecular weight excluding hydrogens is 266 g/mol. The Morgan fingerprint density at radius 3 is 2.20 bits per heavy atom. The Morgan fingerprint density at radius 1 is 1.20 bits per heavy atom. The highest BCUT2D eigenvalue weighted by Gasteiger charge is 2.23. The van der Waals surface area contributed by atoms with Crippen LogP contribution in [0, 0.1) is 0 Å². The number of amides is 3. The second kappa shape index (κ2) is 9.13. The van der Waals surface area contributed by atoms with Gasteiger partial charge in [-0.15, -0.1) is 0 Å². The Kier molecular flexibility index (Phi) is 8.30. The van der Waals surface area contributed by atoms with Crippen LogP contribution in [0.2, 0.25) is 0 Å². The molecular formula is C12H23N3O5. The average molecular weight is 289 g/mol. The van der Waals surface area contributed by atoms with Gasteiger partial charge in [0.05, 0.1) is 0 Å². The van der Waals surface area contributed by atoms with Crippen molar-refractivity contribution in [2.24, 2.45) is 0 Å². The molecule has 0 radical (unpaired) electrons. The molecule has 0 aliphatic rings. The highest BCUT2D eigenvalue weighted by atomic mass is 16.4. The van der Waals surface area contributed by atoms with Crippen LogP contribution < -0.4 is 10.6 Å². The monoisotopic (exact) mass is 289 g/mol. The molecule has 0 rings (SSSR count). The number of carboxylic acids is 1. The number of aliphatic hydroxyl groups excluding tert-OH is 1. The summed E-state index contributed by atoms with van der Waals surface area (Å²) in [5.74, 6) is -1.54. The smallest absolute Gasteiger partial charge is 0.326 e. The Bertz CT molecular complexity index is 346. The van der Waals surface area contributed by atoms with Gasteiger partial charge in [-0.2, -0.15) is 0 Å². The fourth-order valence-electron chi connectivity index (χ4n) is 1.49. The minimum Gasteiger partial charge on any atom is -0.480 e. The van der Waals surface area contributed by atoms with E-state index in [1.165, 1.54) is 4.90 Å². The number of aliphatic hydroxyl groups is 1. The predicted octanol–water partition coefficient (Wildman–Crippen LogP) is -0.622. The van der Waals surface area contributed by atoms with E-state index in [4.69, 9.17) is 10.2 Å². The van der Waals surface area contributed by atoms with Gasteiger partial charge < -0.3 is 25.7 Å². The van der Waals surface area contributed by atoms with Crippen molar-refractivity contribution in [3.8, 4) is 0 Å². The minimum absolute atomic E-state index is 0.0366. The molecule has 0 aliphatic carbocycles. The van der Waals surface area contributed by atoms with Crippen LogP contribution >= 0.6 is 0 Å². The number of aliphatic carboxylic acids is 1. The van der Waals surface area contributed by atoms with E-state index in [2.05, 4.69) is 10.6 Å². The van der Waals surface area contributed by atoms with Gasteiger partial charge in [0.15, 0.2) is 0 Å². The van der Waals surface area contributed by atoms with Gasteiger partial charge in [-0.25, -0.2) is 9.59 Å². The fraction of sp³-hybridized carbons (Fsp3) is 0.750. The van der Waals surface area contributed by atoms with Crippen LogP contribution in [-0.4, -0.2) is 64.8 Å². The lowest BCUT2D eigenvalue weighted by atomic mass is 10.2. The fourth-order valence-corrected chi connectivity index (χ4v) is 1.49. The minimum atomic E-state index is -1.23. The van der Waals surface area contributed by atoms with Crippen molar-refractivity contribution in [3.63, 3.8) is 0 Å². The van der Waals surface area contributed by atoms with Crippen LogP contribution in [0.3, 0.4) is 0 Å². The number of nitrogens with zero attached hydrogens (tertiary/aromatic N) is 1. The van der Waals surface area contributed by atoms with Gasteiger partial charge in [0.2, 0.25) is 5.91 Å². The summed E-state index contributed by atoms with van der Waals surface area (Å²) < 4.78 is 0. The third kappa shape index (κ3) is 6.93. The molecule has 0 heterocycles. The van der Waals surface area contributed by atoms with Crippen molar-refractivity contribution in [2.45, 2.75) is 39.3 Å². The van der Waals surface area contributed by atoms with Crippen molar-refractivity contribution in [1.29, 1.82) is 0 Å². The van der Waals surface area contributed by atoms with Gasteiger partial charge in [-0.05, 0) is 20.8 Å². The number of nitrogens with one attached hydrogen (secondary N) is 2. The van der Waals surface area contributed by atoms with Crippen molar-refractivity contribution in [3.05, 3.63) is 0 Å². The summed E-state index contributed by atoms with van der Waals surface area (Å²) in [6.07, 6.45) is -0.0865. The first-order valence-corrected chi connectivity index (χ1v) is 6.50. The molecule has 1 atom stereocenters. The number of urea groups is 1. The summed E-state index contributed by atoms with van der Waals surface area (Å²) in [6, 6.07) is -1.85. The molecule has 0 unspecified atom stereocenters. The Balaban J connectivity index is 4.53. The van der Waals surface area contributed by atoms with E-state index < -0.39 is 18.0 Å². The van der Waals surface area contributed by atoms with Crippen LogP contribution in [0.25, 0.3) is 0 Å². The normalized spacial score (nSPS) is 11.8. The van der Waals surface area contributed by atoms with Gasteiger partial charge in [-0.3, -0.25) is 4.79 Å². The first kappa shape index (κ1) is 18.2. The van der Waals surface area contributed by atoms with E-state index in [0.29, 0.717) is 0 Å². The van der Waals surface area contributed by atoms with Crippen molar-refractivity contribution in [2.75, 3.05) is 19.7 Å². The average Bonchev–Trinajstić information content (AvgIpc) is 2.34. The summed E-state index contributed by atoms with van der Waals surface area (Å²) in [4.78, 5) is 35.5. The number of carboxylic acid groups (broad SMARTS) is 1. The molecule has 0 fully saturated rings. The van der Waals surface area contributed by atoms with Gasteiger partial charge in [0, 0.05) is 25.6 Å². The Morgan fingerprint density at radius 2 is 1.80 bits per heavy atom. The Labute approximate surface area is 118 Å². The largest absolute Gasteiger partial charge is 0.480 e. The quantitative estimate of drug-likeness (QED) is 0.475. The summed E-state index contributed by atoms with van der Waals surface area (Å²) in [6.45, 7) is 5.06. The van der Waals surface area contributed by atoms with Crippen LogP contribution in [-0.2, 0) is 9.59 Å². The van der Waals surface area contributed by atoms with Crippen molar-refractivity contribution in [1.82, 2.24) is 15.5 Å². The maximum atomic E-state index is 11.9. The van der Waals surface area contributed by atoms with Crippen molar-refractivity contribution < 1.29 is 24.6 Å². The summed E-state index contributed by atoms with van der Waals surface area (Å²) >= 11 is 0. The predicted molar refractivity (Wildman–Crippen MR) is 72.2 cm³/mol. The van der Waals surface area contributed by atoms with Crippen LogP contribution in [0.4, 0.5) is 4.79 Å². The first-order chi connectivity index (χ1) is 9.31. The number of carbonyl (C=O) groups is 3. The molecule has 0 saturated carbocycles. The maximum Gasteiger partial charge on any atom is 0.326 e. The first-order valence-electron chi connectivity index (χ1n) is 6.50. The van der Waals surface area contributed by atoms with E-state index >= 15 is 0 Å². The zero-order valence-corrected chi connectivity index (χ0v) is 12.0. The molecule has 0 bridgehead atoms. The highest BCUT2D eigenvalue weighted by Crippen LogP contribution is 1.96. The maximum absolute atomic E-state index is 11.9. The molecule has 0 aromatic heterocycles. The highest BCUT2D eigenvalue weighted by molar-refractivity contribution is 5.86. The van der Waals surface area contributed by atoms with Gasteiger partial charge in [0.1, 0.15) is 12.6 Å². The SMILES string of the molecule is CCN(CC(=O)NC(C)C)C(=O)N[C@@H](CCO)C(=O)O. The zero-order chi connectivity index (χ0) is 15.7. The molecule has 20 heavy (non-hydrogen) atoms. The molecule has 0 saturated heterocycles. The molecule has 0 aromatic carbocycles. The van der Waals surface area contributed by atoms with Crippen LogP contribution in [0.1, 0.15) is 27.2 Å². The van der Waals surface area contributed by atoms with E-state index in [-0.39, 0.29) is 38.1 Å². The van der Waals surface area contributed by atoms with Crippen LogP contribution in [0.5, 0.6) is 0 Å². The summed E-state index contributed by atoms with van der Waals surface area (Å²) in [5.41, 5.74) is 0. The number of hydrogen-bond donors (Lipinski definition) is 4. The standard InChI is InChI=1S/C12H23N3O5/c1-4-15(7-10(17)13-8(2)3)12(20)14-9(5-6-16)11(18)19/h8-9,16H,4-7H2,1-3H3,(H,13,17)(H,14,20)(H,18,19)/t9-/m0/s1. The summed E-state index contributed by atoms with van der Waals surface area (Å²) in [5, 5.41) is 22.6. The number of rotatable bonds is 8. The molecule has 3 amide bonds. The number of carbonyl (C=O) groups excluding carboxylic acids is 2. The van der Waals surface area contributed by atoms with Gasteiger partial charge in [-0.1, -0.05) is 0 Å². The van der Waals surface area contributed by atoms with E-state index in [1.54, 1.807) is 20.8 Å². The zero-order valence-electron chi connectivity index (χ0n) is 12.0. The van der Waals surface area contributed by atoms with Crippen molar-refractivity contribution >= 4 is 17.9 Å². The second-order valence-electron chi connectivity index (χ2n) is 4.59. The molecule has 4 N–H and O–H groups in total. The molecule has 0 aliphatic heterocycles. The molecule has 0 aromatic rings. The lowest BCUT2D eigenvalue weighted by Crippen LogP contribution is -2.51. The van der Waals surface area contributed by atoms with Gasteiger partial charge in [0.25, 0.3) is 0 Å². The summed E-state index contributed by atoms with van der Waals surface area (Å²) in [7, 11) is 0. The van der Waals surface area contributed by atoms with Crippen LogP contribution in [0.15, 0.2) is 0 Å². The molecule has 0 spiro atoms.